The summed E-state index contributed by atoms with van der Waals surface area (Å²) in [6.45, 7) is 1.73. The quantitative estimate of drug-likeness (QED) is 0.787. The summed E-state index contributed by atoms with van der Waals surface area (Å²) in [5.74, 6) is -1.75. The van der Waals surface area contributed by atoms with E-state index >= 15 is 0 Å². The number of halogens is 3. The molecule has 0 unspecified atom stereocenters. The lowest BCUT2D eigenvalue weighted by Crippen LogP contribution is -2.35. The molecular weight excluding hydrogens is 359 g/mol. The van der Waals surface area contributed by atoms with E-state index in [-0.39, 0.29) is 5.56 Å². The third-order valence-electron chi connectivity index (χ3n) is 2.99. The monoisotopic (exact) mass is 373 g/mol. The highest BCUT2D eigenvalue weighted by molar-refractivity contribution is 7.09. The van der Waals surface area contributed by atoms with E-state index in [4.69, 9.17) is 4.74 Å². The molecule has 1 atom stereocenters. The highest BCUT2D eigenvalue weighted by Gasteiger charge is 2.31. The van der Waals surface area contributed by atoms with Gasteiger partial charge in [0, 0.05) is 4.88 Å². The molecule has 1 aromatic carbocycles. The summed E-state index contributed by atoms with van der Waals surface area (Å²) in [6, 6.07) is 7.94. The van der Waals surface area contributed by atoms with E-state index in [9.17, 15) is 22.8 Å². The molecule has 0 aliphatic heterocycles. The van der Waals surface area contributed by atoms with Crippen molar-refractivity contribution in [1.29, 1.82) is 0 Å². The maximum Gasteiger partial charge on any atom is 0.573 e. The van der Waals surface area contributed by atoms with Gasteiger partial charge in [-0.2, -0.15) is 0 Å². The number of hydrogen-bond donors (Lipinski definition) is 1. The second kappa shape index (κ2) is 8.02. The van der Waals surface area contributed by atoms with Gasteiger partial charge in [0.25, 0.3) is 5.91 Å². The molecule has 1 aromatic heterocycles. The van der Waals surface area contributed by atoms with Crippen LogP contribution in [0.2, 0.25) is 0 Å². The van der Waals surface area contributed by atoms with Crippen molar-refractivity contribution >= 4 is 23.2 Å². The molecule has 1 heterocycles. The summed E-state index contributed by atoms with van der Waals surface area (Å²) in [6.07, 6.45) is -5.85. The zero-order valence-corrected chi connectivity index (χ0v) is 13.8. The van der Waals surface area contributed by atoms with Crippen LogP contribution in [0.5, 0.6) is 5.75 Å². The van der Waals surface area contributed by atoms with Gasteiger partial charge in [-0.3, -0.25) is 4.79 Å². The number of benzene rings is 1. The number of alkyl halides is 3. The fourth-order valence-corrected chi connectivity index (χ4v) is 2.45. The Morgan fingerprint density at radius 2 is 1.88 bits per heavy atom. The molecular formula is C16H14F3NO4S. The average molecular weight is 373 g/mol. The van der Waals surface area contributed by atoms with Crippen molar-refractivity contribution in [3.05, 3.63) is 52.2 Å². The first-order valence-corrected chi connectivity index (χ1v) is 7.99. The fourth-order valence-electron chi connectivity index (χ4n) is 1.81. The summed E-state index contributed by atoms with van der Waals surface area (Å²) in [5, 5.41) is 4.50. The van der Waals surface area contributed by atoms with Crippen molar-refractivity contribution in [2.45, 2.75) is 25.9 Å². The molecule has 0 spiro atoms. The fraction of sp³-hybridized carbons (Fsp3) is 0.250. The number of hydrogen-bond acceptors (Lipinski definition) is 5. The van der Waals surface area contributed by atoms with Gasteiger partial charge in [-0.05, 0) is 42.6 Å². The molecule has 25 heavy (non-hydrogen) atoms. The number of amides is 1. The van der Waals surface area contributed by atoms with E-state index in [2.05, 4.69) is 10.1 Å². The lowest BCUT2D eigenvalue weighted by atomic mass is 10.2. The summed E-state index contributed by atoms with van der Waals surface area (Å²) in [7, 11) is 0. The molecule has 1 amide bonds. The van der Waals surface area contributed by atoms with Gasteiger partial charge >= 0.3 is 12.3 Å². The minimum atomic E-state index is -4.81. The third kappa shape index (κ3) is 6.11. The van der Waals surface area contributed by atoms with Crippen molar-refractivity contribution in [3.8, 4) is 5.75 Å². The molecule has 9 heteroatoms. The zero-order chi connectivity index (χ0) is 18.4. The Hall–Kier alpha value is -2.55. The second-order valence-electron chi connectivity index (χ2n) is 4.92. The number of rotatable bonds is 6. The van der Waals surface area contributed by atoms with Gasteiger partial charge in [-0.25, -0.2) is 4.79 Å². The molecule has 0 fully saturated rings. The van der Waals surface area contributed by atoms with Crippen molar-refractivity contribution in [2.24, 2.45) is 0 Å². The van der Waals surface area contributed by atoms with Crippen LogP contribution in [0.1, 0.15) is 22.2 Å². The van der Waals surface area contributed by atoms with Crippen LogP contribution in [0.3, 0.4) is 0 Å². The summed E-state index contributed by atoms with van der Waals surface area (Å²) >= 11 is 1.48. The third-order valence-corrected chi connectivity index (χ3v) is 3.87. The first kappa shape index (κ1) is 18.8. The van der Waals surface area contributed by atoms with Crippen LogP contribution in [0.15, 0.2) is 41.8 Å². The van der Waals surface area contributed by atoms with E-state index in [1.807, 2.05) is 17.5 Å². The standard InChI is InChI=1S/C16H14F3NO4S/c1-10(14(21)20-9-13-3-2-8-25-13)23-15(22)11-4-6-12(7-5-11)24-16(17,18)19/h2-8,10H,9H2,1H3,(H,20,21)/t10-/m0/s1. The number of ether oxygens (including phenoxy) is 2. The predicted octanol–water partition coefficient (Wildman–Crippen LogP) is 3.51. The average Bonchev–Trinajstić information content (AvgIpc) is 3.05. The summed E-state index contributed by atoms with van der Waals surface area (Å²) < 4.78 is 44.9. The first-order valence-electron chi connectivity index (χ1n) is 7.11. The SMILES string of the molecule is C[C@H](OC(=O)c1ccc(OC(F)(F)F)cc1)C(=O)NCc1cccs1. The van der Waals surface area contributed by atoms with Crippen molar-refractivity contribution < 1.29 is 32.2 Å². The first-order chi connectivity index (χ1) is 11.7. The van der Waals surface area contributed by atoms with Gasteiger partial charge < -0.3 is 14.8 Å². The van der Waals surface area contributed by atoms with Crippen molar-refractivity contribution in [2.75, 3.05) is 0 Å². The van der Waals surface area contributed by atoms with Crippen LogP contribution in [-0.2, 0) is 16.1 Å². The largest absolute Gasteiger partial charge is 0.573 e. The normalized spacial score (nSPS) is 12.3. The predicted molar refractivity (Wildman–Crippen MR) is 84.2 cm³/mol. The molecule has 1 N–H and O–H groups in total. The number of carbonyl (C=O) groups excluding carboxylic acids is 2. The van der Waals surface area contributed by atoms with Gasteiger partial charge in [-0.1, -0.05) is 6.07 Å². The van der Waals surface area contributed by atoms with Crippen LogP contribution >= 0.6 is 11.3 Å². The lowest BCUT2D eigenvalue weighted by molar-refractivity contribution is -0.274. The summed E-state index contributed by atoms with van der Waals surface area (Å²) in [5.41, 5.74) is 0.00688. The number of nitrogens with one attached hydrogen (secondary N) is 1. The molecule has 0 radical (unpaired) electrons. The maximum absolute atomic E-state index is 12.1. The molecule has 0 aliphatic carbocycles. The van der Waals surface area contributed by atoms with E-state index in [0.29, 0.717) is 6.54 Å². The van der Waals surface area contributed by atoms with Gasteiger partial charge in [-0.15, -0.1) is 24.5 Å². The van der Waals surface area contributed by atoms with Crippen LogP contribution in [0, 0.1) is 0 Å². The van der Waals surface area contributed by atoms with E-state index in [1.165, 1.54) is 18.3 Å². The Balaban J connectivity index is 1.86. The molecule has 0 aliphatic rings. The Morgan fingerprint density at radius 1 is 1.20 bits per heavy atom. The van der Waals surface area contributed by atoms with E-state index in [1.54, 1.807) is 0 Å². The van der Waals surface area contributed by atoms with Crippen molar-refractivity contribution in [1.82, 2.24) is 5.32 Å². The highest BCUT2D eigenvalue weighted by Crippen LogP contribution is 2.23. The molecule has 0 saturated heterocycles. The molecule has 2 aromatic rings. The number of thiophene rings is 1. The topological polar surface area (TPSA) is 64.6 Å². The van der Waals surface area contributed by atoms with Crippen LogP contribution in [0.4, 0.5) is 13.2 Å². The van der Waals surface area contributed by atoms with Gasteiger partial charge in [0.05, 0.1) is 12.1 Å². The van der Waals surface area contributed by atoms with Crippen LogP contribution < -0.4 is 10.1 Å². The minimum absolute atomic E-state index is 0.00688. The smallest absolute Gasteiger partial charge is 0.449 e. The van der Waals surface area contributed by atoms with E-state index in [0.717, 1.165) is 29.1 Å². The molecule has 0 saturated carbocycles. The summed E-state index contributed by atoms with van der Waals surface area (Å²) in [4.78, 5) is 24.8. The Morgan fingerprint density at radius 3 is 2.44 bits per heavy atom. The molecule has 0 bridgehead atoms. The Kier molecular flexibility index (Phi) is 6.02. The van der Waals surface area contributed by atoms with Gasteiger partial charge in [0.2, 0.25) is 0 Å². The molecule has 5 nitrogen and oxygen atoms in total. The number of carbonyl (C=O) groups is 2. The van der Waals surface area contributed by atoms with Crippen LogP contribution in [0.25, 0.3) is 0 Å². The molecule has 2 rings (SSSR count). The minimum Gasteiger partial charge on any atom is -0.449 e. The molecule has 134 valence electrons. The Bertz CT molecular complexity index is 714. The lowest BCUT2D eigenvalue weighted by Gasteiger charge is -2.13. The maximum atomic E-state index is 12.1. The van der Waals surface area contributed by atoms with Gasteiger partial charge in [0.1, 0.15) is 5.75 Å². The zero-order valence-electron chi connectivity index (χ0n) is 13.0. The Labute approximate surface area is 145 Å². The van der Waals surface area contributed by atoms with Crippen molar-refractivity contribution in [3.63, 3.8) is 0 Å². The van der Waals surface area contributed by atoms with E-state index < -0.39 is 30.1 Å². The van der Waals surface area contributed by atoms with Crippen LogP contribution in [-0.4, -0.2) is 24.3 Å². The second-order valence-corrected chi connectivity index (χ2v) is 5.95. The highest BCUT2D eigenvalue weighted by atomic mass is 32.1. The van der Waals surface area contributed by atoms with Gasteiger partial charge in [0.15, 0.2) is 6.10 Å². The number of esters is 1.